The molecule has 10 heteroatoms. The van der Waals surface area contributed by atoms with E-state index in [2.05, 4.69) is 9.71 Å². The van der Waals surface area contributed by atoms with Crippen LogP contribution in [0.3, 0.4) is 0 Å². The normalized spacial score (nSPS) is 18.8. The number of benzene rings is 4. The molecule has 1 fully saturated rings. The summed E-state index contributed by atoms with van der Waals surface area (Å²) < 4.78 is 41.8. The Balaban J connectivity index is 1.16. The van der Waals surface area contributed by atoms with E-state index < -0.39 is 16.3 Å². The molecule has 6 rings (SSSR count). The Morgan fingerprint density at radius 1 is 0.841 bits per heavy atom. The number of nitrogens with zero attached hydrogens (tertiary/aromatic N) is 1. The van der Waals surface area contributed by atoms with E-state index in [1.54, 1.807) is 48.3 Å². The van der Waals surface area contributed by atoms with Crippen molar-refractivity contribution in [2.75, 3.05) is 5.75 Å². The highest BCUT2D eigenvalue weighted by Crippen LogP contribution is 2.39. The third-order valence-corrected chi connectivity index (χ3v) is 10.1. The van der Waals surface area contributed by atoms with Gasteiger partial charge in [0.2, 0.25) is 10.0 Å². The molecule has 3 N–H and O–H groups in total. The van der Waals surface area contributed by atoms with Crippen molar-refractivity contribution >= 4 is 32.7 Å². The summed E-state index contributed by atoms with van der Waals surface area (Å²) in [5, 5.41) is 19.8. The van der Waals surface area contributed by atoms with Crippen molar-refractivity contribution < 1.29 is 28.1 Å². The molecule has 226 valence electrons. The Labute approximate surface area is 260 Å². The minimum Gasteiger partial charge on any atom is -0.508 e. The number of thioether (sulfide) groups is 1. The number of phenols is 1. The number of aliphatic hydroxyl groups is 1. The lowest BCUT2D eigenvalue weighted by molar-refractivity contribution is -0.245. The first-order valence-electron chi connectivity index (χ1n) is 14.2. The fourth-order valence-corrected chi connectivity index (χ4v) is 7.21. The quantitative estimate of drug-likeness (QED) is 0.155. The molecule has 4 aromatic carbocycles. The summed E-state index contributed by atoms with van der Waals surface area (Å²) in [5.74, 6) is 0.920. The molecule has 8 nitrogen and oxygen atoms in total. The lowest BCUT2D eigenvalue weighted by Gasteiger charge is -2.36. The monoisotopic (exact) mass is 628 g/mol. The second-order valence-electron chi connectivity index (χ2n) is 10.6. The lowest BCUT2D eigenvalue weighted by atomic mass is 10.0. The SMILES string of the molecule is O=S(=O)(NCc1ccc(C2OC(CSc3ccc(O)cc3)CC(c3ccc(CO)cc3)O2)cc1)c1cccc2cccnc12. The molecular formula is C34H32N2O6S2. The van der Waals surface area contributed by atoms with Gasteiger partial charge in [-0.1, -0.05) is 66.7 Å². The van der Waals surface area contributed by atoms with Crippen LogP contribution in [-0.4, -0.2) is 35.5 Å². The number of fused-ring (bicyclic) bond motifs is 1. The highest BCUT2D eigenvalue weighted by molar-refractivity contribution is 7.99. The summed E-state index contributed by atoms with van der Waals surface area (Å²) in [6.45, 7) is 0.0920. The van der Waals surface area contributed by atoms with Crippen LogP contribution in [0, 0.1) is 0 Å². The number of para-hydroxylation sites is 1. The van der Waals surface area contributed by atoms with Crippen LogP contribution in [0.5, 0.6) is 5.75 Å². The smallest absolute Gasteiger partial charge is 0.243 e. The summed E-state index contributed by atoms with van der Waals surface area (Å²) in [7, 11) is -3.79. The average Bonchev–Trinajstić information content (AvgIpc) is 3.07. The van der Waals surface area contributed by atoms with Gasteiger partial charge in [-0.25, -0.2) is 13.1 Å². The number of aliphatic hydroxyl groups excluding tert-OH is 1. The van der Waals surface area contributed by atoms with Gasteiger partial charge >= 0.3 is 0 Å². The second-order valence-corrected chi connectivity index (χ2v) is 13.4. The number of hydrogen-bond donors (Lipinski definition) is 3. The van der Waals surface area contributed by atoms with Gasteiger partial charge in [0.25, 0.3) is 0 Å². The predicted molar refractivity (Wildman–Crippen MR) is 169 cm³/mol. The van der Waals surface area contributed by atoms with E-state index in [4.69, 9.17) is 9.47 Å². The molecule has 3 atom stereocenters. The van der Waals surface area contributed by atoms with E-state index in [9.17, 15) is 18.6 Å². The first-order chi connectivity index (χ1) is 21.4. The highest BCUT2D eigenvalue weighted by atomic mass is 32.2. The van der Waals surface area contributed by atoms with E-state index in [1.807, 2.05) is 72.8 Å². The Kier molecular flexibility index (Phi) is 9.27. The summed E-state index contributed by atoms with van der Waals surface area (Å²) in [6.07, 6.45) is 1.29. The van der Waals surface area contributed by atoms with Gasteiger partial charge in [0.1, 0.15) is 10.6 Å². The van der Waals surface area contributed by atoms with Crippen LogP contribution in [0.1, 0.15) is 41.1 Å². The van der Waals surface area contributed by atoms with E-state index in [0.29, 0.717) is 17.7 Å². The summed E-state index contributed by atoms with van der Waals surface area (Å²) in [4.78, 5) is 5.45. The molecule has 0 aliphatic carbocycles. The van der Waals surface area contributed by atoms with Crippen LogP contribution in [0.25, 0.3) is 10.9 Å². The number of aromatic hydroxyl groups is 1. The molecule has 0 saturated carbocycles. The molecule has 44 heavy (non-hydrogen) atoms. The number of aromatic nitrogens is 1. The molecule has 1 aromatic heterocycles. The van der Waals surface area contributed by atoms with Crippen molar-refractivity contribution in [3.05, 3.63) is 132 Å². The fraction of sp³-hybridized carbons (Fsp3) is 0.206. The number of pyridine rings is 1. The average molecular weight is 629 g/mol. The van der Waals surface area contributed by atoms with Gasteiger partial charge in [0.15, 0.2) is 6.29 Å². The maximum absolute atomic E-state index is 13.1. The number of rotatable bonds is 10. The maximum Gasteiger partial charge on any atom is 0.243 e. The predicted octanol–water partition coefficient (Wildman–Crippen LogP) is 6.25. The Morgan fingerprint density at radius 2 is 1.55 bits per heavy atom. The summed E-state index contributed by atoms with van der Waals surface area (Å²) in [6, 6.07) is 31.1. The van der Waals surface area contributed by atoms with E-state index >= 15 is 0 Å². The molecule has 1 aliphatic heterocycles. The minimum atomic E-state index is -3.79. The molecule has 0 spiro atoms. The highest BCUT2D eigenvalue weighted by Gasteiger charge is 2.32. The molecule has 5 aromatic rings. The molecule has 0 amide bonds. The van der Waals surface area contributed by atoms with Crippen LogP contribution in [0.15, 0.2) is 119 Å². The third kappa shape index (κ3) is 7.13. The molecule has 0 radical (unpaired) electrons. The summed E-state index contributed by atoms with van der Waals surface area (Å²) in [5.41, 5.74) is 3.88. The van der Waals surface area contributed by atoms with Gasteiger partial charge in [-0.15, -0.1) is 11.8 Å². The standard InChI is InChI=1S/C34H32N2O6S2/c37-21-24-8-10-25(11-9-24)31-19-29(22-43-30-16-14-28(38)15-17-30)41-34(42-31)27-12-6-23(7-13-27)20-36-44(39,40)32-5-1-3-26-4-2-18-35-33(26)32/h1-18,29,31,34,36-38H,19-22H2. The first-order valence-corrected chi connectivity index (χ1v) is 16.7. The van der Waals surface area contributed by atoms with Crippen LogP contribution >= 0.6 is 11.8 Å². The van der Waals surface area contributed by atoms with E-state index in [1.165, 1.54) is 0 Å². The van der Waals surface area contributed by atoms with Gasteiger partial charge in [0, 0.05) is 40.8 Å². The fourth-order valence-electron chi connectivity index (χ4n) is 5.10. The zero-order chi connectivity index (χ0) is 30.5. The van der Waals surface area contributed by atoms with Crippen molar-refractivity contribution in [3.8, 4) is 5.75 Å². The van der Waals surface area contributed by atoms with Gasteiger partial charge in [0.05, 0.1) is 24.3 Å². The number of sulfonamides is 1. The Bertz CT molecular complexity index is 1810. The van der Waals surface area contributed by atoms with Gasteiger partial charge in [-0.3, -0.25) is 4.98 Å². The largest absolute Gasteiger partial charge is 0.508 e. The van der Waals surface area contributed by atoms with Crippen molar-refractivity contribution in [1.82, 2.24) is 9.71 Å². The van der Waals surface area contributed by atoms with E-state index in [-0.39, 0.29) is 36.0 Å². The van der Waals surface area contributed by atoms with E-state index in [0.717, 1.165) is 32.5 Å². The van der Waals surface area contributed by atoms with Crippen molar-refractivity contribution in [2.45, 2.75) is 47.9 Å². The van der Waals surface area contributed by atoms with Crippen LogP contribution in [0.4, 0.5) is 0 Å². The summed E-state index contributed by atoms with van der Waals surface area (Å²) >= 11 is 1.65. The zero-order valence-electron chi connectivity index (χ0n) is 23.7. The number of phenolic OH excluding ortho intramolecular Hbond substituents is 1. The number of ether oxygens (including phenoxy) is 2. The number of hydrogen-bond acceptors (Lipinski definition) is 8. The molecular weight excluding hydrogens is 597 g/mol. The molecule has 1 saturated heterocycles. The first kappa shape index (κ1) is 30.3. The van der Waals surface area contributed by atoms with Gasteiger partial charge in [-0.2, -0.15) is 0 Å². The molecule has 1 aliphatic rings. The Morgan fingerprint density at radius 3 is 2.30 bits per heavy atom. The molecule has 0 bridgehead atoms. The zero-order valence-corrected chi connectivity index (χ0v) is 25.4. The Hall–Kier alpha value is -3.77. The van der Waals surface area contributed by atoms with Crippen LogP contribution < -0.4 is 4.72 Å². The van der Waals surface area contributed by atoms with Crippen LogP contribution in [0.2, 0.25) is 0 Å². The molecule has 3 unspecified atom stereocenters. The van der Waals surface area contributed by atoms with Crippen LogP contribution in [-0.2, 0) is 32.6 Å². The molecule has 2 heterocycles. The van der Waals surface area contributed by atoms with Crippen molar-refractivity contribution in [2.24, 2.45) is 0 Å². The minimum absolute atomic E-state index is 0.0230. The number of nitrogens with one attached hydrogen (secondary N) is 1. The third-order valence-electron chi connectivity index (χ3n) is 7.49. The maximum atomic E-state index is 13.1. The second kappa shape index (κ2) is 13.5. The van der Waals surface area contributed by atoms with Crippen molar-refractivity contribution in [1.29, 1.82) is 0 Å². The van der Waals surface area contributed by atoms with Gasteiger partial charge < -0.3 is 19.7 Å². The van der Waals surface area contributed by atoms with Gasteiger partial charge in [-0.05, 0) is 53.1 Å². The topological polar surface area (TPSA) is 118 Å². The lowest BCUT2D eigenvalue weighted by Crippen LogP contribution is -2.31. The van der Waals surface area contributed by atoms with Crippen molar-refractivity contribution in [3.63, 3.8) is 0 Å².